The zero-order valence-electron chi connectivity index (χ0n) is 8.30. The average molecular weight is 223 g/mol. The van der Waals surface area contributed by atoms with Crippen molar-refractivity contribution < 1.29 is 22.7 Å². The van der Waals surface area contributed by atoms with Crippen LogP contribution in [0.25, 0.3) is 0 Å². The molecule has 0 aliphatic heterocycles. The lowest BCUT2D eigenvalue weighted by molar-refractivity contribution is -0.176. The van der Waals surface area contributed by atoms with E-state index in [0.717, 1.165) is 0 Å². The van der Waals surface area contributed by atoms with Gasteiger partial charge in [0.05, 0.1) is 5.92 Å². The van der Waals surface area contributed by atoms with Crippen LogP contribution < -0.4 is 0 Å². The molecule has 0 N–H and O–H groups in total. The molecule has 0 aliphatic carbocycles. The highest BCUT2D eigenvalue weighted by atomic mass is 19.4. The van der Waals surface area contributed by atoms with E-state index in [0.29, 0.717) is 0 Å². The second-order valence-electron chi connectivity index (χ2n) is 3.19. The summed E-state index contributed by atoms with van der Waals surface area (Å²) in [5.41, 5.74) is 0. The molecule has 5 heteroatoms. The molecule has 0 aromatic rings. The molecule has 0 bridgehead atoms. The van der Waals surface area contributed by atoms with Crippen molar-refractivity contribution in [2.45, 2.75) is 31.5 Å². The molecule has 0 heterocycles. The summed E-state index contributed by atoms with van der Waals surface area (Å²) >= 11 is 0. The van der Waals surface area contributed by atoms with Crippen LogP contribution in [0.2, 0.25) is 0 Å². The van der Waals surface area contributed by atoms with Crippen LogP contribution in [-0.2, 0) is 9.53 Å². The van der Waals surface area contributed by atoms with E-state index in [1.54, 1.807) is 0 Å². The Morgan fingerprint density at radius 2 is 1.93 bits per heavy atom. The Balaban J connectivity index is 4.06. The molecule has 15 heavy (non-hydrogen) atoms. The van der Waals surface area contributed by atoms with Gasteiger partial charge in [0.25, 0.3) is 6.47 Å². The summed E-state index contributed by atoms with van der Waals surface area (Å²) in [7, 11) is 0. The largest absolute Gasteiger partial charge is 0.465 e. The van der Waals surface area contributed by atoms with Crippen molar-refractivity contribution in [3.63, 3.8) is 0 Å². The first-order valence-electron chi connectivity index (χ1n) is 4.51. The first-order chi connectivity index (χ1) is 6.91. The number of rotatable bonds is 7. The third-order valence-corrected chi connectivity index (χ3v) is 2.00. The number of carbonyl (C=O) groups excluding carboxylic acids is 1. The first-order valence-corrected chi connectivity index (χ1v) is 4.51. The second kappa shape index (κ2) is 6.48. The van der Waals surface area contributed by atoms with Crippen LogP contribution in [0.15, 0.2) is 12.7 Å². The molecule has 0 rings (SSSR count). The van der Waals surface area contributed by atoms with E-state index in [-0.39, 0.29) is 25.7 Å². The third-order valence-electron chi connectivity index (χ3n) is 2.00. The van der Waals surface area contributed by atoms with Gasteiger partial charge in [-0.2, -0.15) is 13.2 Å². The maximum atomic E-state index is 12.4. The molecule has 87 valence electrons. The minimum atomic E-state index is -4.24. The van der Waals surface area contributed by atoms with Gasteiger partial charge < -0.3 is 4.74 Å². The molecule has 0 aromatic heterocycles. The van der Waals surface area contributed by atoms with E-state index in [2.05, 4.69) is 18.2 Å². The van der Waals surface area contributed by atoms with Crippen molar-refractivity contribution in [1.82, 2.24) is 0 Å². The number of hydrogen-bond acceptors (Lipinski definition) is 2. The molecule has 0 aliphatic rings. The summed E-state index contributed by atoms with van der Waals surface area (Å²) in [6, 6.07) is 0. The third kappa shape index (κ3) is 6.14. The van der Waals surface area contributed by atoms with Gasteiger partial charge in [-0.25, -0.2) is 0 Å². The fourth-order valence-corrected chi connectivity index (χ4v) is 1.15. The maximum absolute atomic E-state index is 12.4. The Morgan fingerprint density at radius 3 is 2.33 bits per heavy atom. The highest BCUT2D eigenvalue weighted by molar-refractivity contribution is 5.37. The summed E-state index contributed by atoms with van der Waals surface area (Å²) in [6.07, 6.45) is -3.88. The SMILES string of the molecule is [CH2][C@H](CCC(CC=C)C(F)(F)F)OC=O. The van der Waals surface area contributed by atoms with Crippen LogP contribution in [0.4, 0.5) is 13.2 Å². The van der Waals surface area contributed by atoms with E-state index in [4.69, 9.17) is 0 Å². The molecule has 0 saturated carbocycles. The minimum Gasteiger partial charge on any atom is -0.465 e. The standard InChI is InChI=1S/C10H14F3O2/c1-3-4-9(10(11,12)13)6-5-8(2)15-7-14/h3,7-9H,1-2,4-6H2/t8-,9?/m1/s1. The zero-order valence-corrected chi connectivity index (χ0v) is 8.30. The Morgan fingerprint density at radius 1 is 1.33 bits per heavy atom. The van der Waals surface area contributed by atoms with Gasteiger partial charge in [-0.3, -0.25) is 4.79 Å². The van der Waals surface area contributed by atoms with Crippen molar-refractivity contribution in [2.75, 3.05) is 0 Å². The normalized spacial score (nSPS) is 15.5. The number of allylic oxidation sites excluding steroid dienone is 1. The Labute approximate surface area is 87.1 Å². The molecule has 0 amide bonds. The fourth-order valence-electron chi connectivity index (χ4n) is 1.15. The molecule has 0 spiro atoms. The van der Waals surface area contributed by atoms with E-state index in [1.807, 2.05) is 0 Å². The lowest BCUT2D eigenvalue weighted by Crippen LogP contribution is -2.24. The number of halogens is 3. The molecule has 2 atom stereocenters. The summed E-state index contributed by atoms with van der Waals surface area (Å²) in [6.45, 7) is 6.86. The Hall–Kier alpha value is -1.00. The van der Waals surface area contributed by atoms with E-state index < -0.39 is 18.2 Å². The minimum absolute atomic E-state index is 0.0940. The van der Waals surface area contributed by atoms with Crippen molar-refractivity contribution in [1.29, 1.82) is 0 Å². The van der Waals surface area contributed by atoms with Gasteiger partial charge in [-0.05, 0) is 26.2 Å². The molecular weight excluding hydrogens is 209 g/mol. The molecule has 2 nitrogen and oxygen atoms in total. The number of hydrogen-bond donors (Lipinski definition) is 0. The van der Waals surface area contributed by atoms with Gasteiger partial charge in [0.1, 0.15) is 6.10 Å². The monoisotopic (exact) mass is 223 g/mol. The highest BCUT2D eigenvalue weighted by Crippen LogP contribution is 2.33. The smallest absolute Gasteiger partial charge is 0.392 e. The van der Waals surface area contributed by atoms with Gasteiger partial charge in [0.15, 0.2) is 0 Å². The van der Waals surface area contributed by atoms with Crippen LogP contribution in [0.3, 0.4) is 0 Å². The van der Waals surface area contributed by atoms with Crippen LogP contribution in [0, 0.1) is 12.8 Å². The molecule has 0 aromatic carbocycles. The summed E-state index contributed by atoms with van der Waals surface area (Å²) in [5, 5.41) is 0. The molecule has 0 fully saturated rings. The van der Waals surface area contributed by atoms with Gasteiger partial charge >= 0.3 is 6.18 Å². The topological polar surface area (TPSA) is 26.3 Å². The Bertz CT molecular complexity index is 201. The van der Waals surface area contributed by atoms with Crippen molar-refractivity contribution in [3.05, 3.63) is 19.6 Å². The van der Waals surface area contributed by atoms with E-state index in [1.165, 1.54) is 6.08 Å². The van der Waals surface area contributed by atoms with Crippen molar-refractivity contribution >= 4 is 6.47 Å². The van der Waals surface area contributed by atoms with Gasteiger partial charge in [-0.15, -0.1) is 6.58 Å². The number of ether oxygens (including phenoxy) is 1. The summed E-state index contributed by atoms with van der Waals surface area (Å²) < 4.78 is 41.5. The van der Waals surface area contributed by atoms with Crippen molar-refractivity contribution in [2.24, 2.45) is 5.92 Å². The van der Waals surface area contributed by atoms with E-state index >= 15 is 0 Å². The summed E-state index contributed by atoms with van der Waals surface area (Å²) in [5.74, 6) is -1.44. The number of carbonyl (C=O) groups is 1. The van der Waals surface area contributed by atoms with Crippen LogP contribution in [0.1, 0.15) is 19.3 Å². The lowest BCUT2D eigenvalue weighted by Gasteiger charge is -2.19. The first kappa shape index (κ1) is 14.0. The molecule has 0 saturated heterocycles. The van der Waals surface area contributed by atoms with Gasteiger partial charge in [-0.1, -0.05) is 6.08 Å². The second-order valence-corrected chi connectivity index (χ2v) is 3.19. The van der Waals surface area contributed by atoms with Gasteiger partial charge in [0, 0.05) is 0 Å². The van der Waals surface area contributed by atoms with Crippen molar-refractivity contribution in [3.8, 4) is 0 Å². The summed E-state index contributed by atoms with van der Waals surface area (Å²) in [4.78, 5) is 9.88. The molecular formula is C10H14F3O2. The van der Waals surface area contributed by atoms with Crippen LogP contribution in [0.5, 0.6) is 0 Å². The Kier molecular flexibility index (Phi) is 6.05. The van der Waals surface area contributed by atoms with Gasteiger partial charge in [0.2, 0.25) is 0 Å². The van der Waals surface area contributed by atoms with Crippen LogP contribution in [-0.4, -0.2) is 18.8 Å². The predicted molar refractivity (Wildman–Crippen MR) is 49.9 cm³/mol. The maximum Gasteiger partial charge on any atom is 0.392 e. The number of alkyl halides is 3. The quantitative estimate of drug-likeness (QED) is 0.490. The molecule has 1 unspecified atom stereocenters. The predicted octanol–water partition coefficient (Wildman–Crippen LogP) is 2.90. The fraction of sp³-hybridized carbons (Fsp3) is 0.600. The zero-order chi connectivity index (χ0) is 11.9. The van der Waals surface area contributed by atoms with E-state index in [9.17, 15) is 18.0 Å². The lowest BCUT2D eigenvalue weighted by atomic mass is 9.97. The average Bonchev–Trinajstić information content (AvgIpc) is 2.10. The highest BCUT2D eigenvalue weighted by Gasteiger charge is 2.38. The van der Waals surface area contributed by atoms with Crippen LogP contribution >= 0.6 is 0 Å². The molecule has 1 radical (unpaired) electrons.